The molecule has 0 spiro atoms. The third kappa shape index (κ3) is 4.26. The molecule has 0 N–H and O–H groups in total. The summed E-state index contributed by atoms with van der Waals surface area (Å²) in [5, 5.41) is 0.822. The number of hydrogen-bond acceptors (Lipinski definition) is 3. The van der Waals surface area contributed by atoms with Crippen LogP contribution in [0.2, 0.25) is 10.2 Å². The fourth-order valence-electron chi connectivity index (χ4n) is 4.27. The summed E-state index contributed by atoms with van der Waals surface area (Å²) in [6, 6.07) is 3.50. The normalized spacial score (nSPS) is 20.3. The fraction of sp³-hybridized carbons (Fsp3) is 0.500. The Morgan fingerprint density at radius 2 is 1.83 bits per heavy atom. The lowest BCUT2D eigenvalue weighted by Gasteiger charge is -2.28. The highest BCUT2D eigenvalue weighted by Crippen LogP contribution is 2.37. The van der Waals surface area contributed by atoms with E-state index in [1.54, 1.807) is 38.4 Å². The summed E-state index contributed by atoms with van der Waals surface area (Å²) >= 11 is 12.5. The van der Waals surface area contributed by atoms with Gasteiger partial charge in [0.25, 0.3) is 0 Å². The van der Waals surface area contributed by atoms with Crippen LogP contribution in [0.4, 0.5) is 4.39 Å². The van der Waals surface area contributed by atoms with Gasteiger partial charge in [-0.05, 0) is 44.6 Å². The molecule has 1 saturated carbocycles. The molecule has 1 fully saturated rings. The van der Waals surface area contributed by atoms with Crippen molar-refractivity contribution in [3.8, 4) is 11.3 Å². The van der Waals surface area contributed by atoms with Gasteiger partial charge in [-0.1, -0.05) is 43.0 Å². The van der Waals surface area contributed by atoms with E-state index in [-0.39, 0.29) is 0 Å². The van der Waals surface area contributed by atoms with Gasteiger partial charge in [0.05, 0.1) is 21.7 Å². The summed E-state index contributed by atoms with van der Waals surface area (Å²) in [5.74, 6) is 1.66. The number of fused-ring (bicyclic) bond motifs is 1. The Morgan fingerprint density at radius 3 is 2.48 bits per heavy atom. The molecular formula is C22H25Cl2FN4. The Bertz CT molecular complexity index is 1030. The lowest BCUT2D eigenvalue weighted by Crippen LogP contribution is -2.23. The van der Waals surface area contributed by atoms with Gasteiger partial charge in [-0.2, -0.15) is 0 Å². The molecule has 0 atom stereocenters. The maximum atomic E-state index is 15.2. The number of aromatic nitrogens is 4. The van der Waals surface area contributed by atoms with Gasteiger partial charge in [0.2, 0.25) is 0 Å². The summed E-state index contributed by atoms with van der Waals surface area (Å²) in [4.78, 5) is 13.4. The largest absolute Gasteiger partial charge is 0.323 e. The van der Waals surface area contributed by atoms with E-state index in [1.165, 1.54) is 12.8 Å². The van der Waals surface area contributed by atoms with Crippen molar-refractivity contribution in [3.63, 3.8) is 0 Å². The third-order valence-electron chi connectivity index (χ3n) is 5.78. The molecule has 3 aromatic rings. The lowest BCUT2D eigenvalue weighted by atomic mass is 9.83. The highest BCUT2D eigenvalue weighted by Gasteiger charge is 2.31. The van der Waals surface area contributed by atoms with Gasteiger partial charge in [-0.15, -0.1) is 0 Å². The fourth-order valence-corrected chi connectivity index (χ4v) is 4.63. The molecule has 0 radical (unpaired) electrons. The van der Waals surface area contributed by atoms with Crippen LogP contribution in [-0.2, 0) is 12.2 Å². The molecule has 3 heterocycles. The number of halogens is 3. The number of imidazole rings is 1. The lowest BCUT2D eigenvalue weighted by molar-refractivity contribution is 0.191. The quantitative estimate of drug-likeness (QED) is 0.422. The first-order chi connectivity index (χ1) is 13.7. The van der Waals surface area contributed by atoms with Crippen molar-refractivity contribution in [2.75, 3.05) is 0 Å². The smallest absolute Gasteiger partial charge is 0.162 e. The van der Waals surface area contributed by atoms with E-state index >= 15 is 4.39 Å². The highest BCUT2D eigenvalue weighted by atomic mass is 35.5. The molecule has 0 saturated heterocycles. The van der Waals surface area contributed by atoms with Crippen molar-refractivity contribution >= 4 is 34.2 Å². The van der Waals surface area contributed by atoms with E-state index in [4.69, 9.17) is 23.2 Å². The third-order valence-corrected chi connectivity index (χ3v) is 6.18. The van der Waals surface area contributed by atoms with Crippen molar-refractivity contribution in [2.45, 2.75) is 58.7 Å². The molecule has 4 nitrogen and oxygen atoms in total. The maximum absolute atomic E-state index is 15.2. The monoisotopic (exact) mass is 434 g/mol. The minimum Gasteiger partial charge on any atom is -0.323 e. The van der Waals surface area contributed by atoms with Gasteiger partial charge >= 0.3 is 0 Å². The van der Waals surface area contributed by atoms with E-state index < -0.39 is 5.67 Å². The van der Waals surface area contributed by atoms with Crippen molar-refractivity contribution < 1.29 is 4.39 Å². The van der Waals surface area contributed by atoms with Gasteiger partial charge < -0.3 is 4.57 Å². The van der Waals surface area contributed by atoms with Crippen molar-refractivity contribution in [1.29, 1.82) is 0 Å². The van der Waals surface area contributed by atoms with Crippen molar-refractivity contribution in [1.82, 2.24) is 19.5 Å². The van der Waals surface area contributed by atoms with Gasteiger partial charge in [0.1, 0.15) is 11.0 Å². The Labute approximate surface area is 180 Å². The predicted octanol–water partition coefficient (Wildman–Crippen LogP) is 6.83. The topological polar surface area (TPSA) is 43.6 Å². The second kappa shape index (κ2) is 7.84. The molecule has 0 aliphatic heterocycles. The summed E-state index contributed by atoms with van der Waals surface area (Å²) in [6.07, 6.45) is 7.97. The van der Waals surface area contributed by atoms with Crippen LogP contribution in [0.15, 0.2) is 24.5 Å². The minimum atomic E-state index is -1.59. The van der Waals surface area contributed by atoms with Crippen molar-refractivity contribution in [3.05, 3.63) is 40.5 Å². The molecule has 29 heavy (non-hydrogen) atoms. The molecule has 1 aliphatic carbocycles. The minimum absolute atomic E-state index is 0.312. The van der Waals surface area contributed by atoms with Crippen LogP contribution in [-0.4, -0.2) is 19.5 Å². The van der Waals surface area contributed by atoms with Crippen LogP contribution in [0.1, 0.15) is 52.3 Å². The van der Waals surface area contributed by atoms with Gasteiger partial charge in [0, 0.05) is 30.6 Å². The van der Waals surface area contributed by atoms with Crippen LogP contribution in [0.3, 0.4) is 0 Å². The van der Waals surface area contributed by atoms with E-state index in [9.17, 15) is 0 Å². The van der Waals surface area contributed by atoms with Gasteiger partial charge in [-0.25, -0.2) is 14.4 Å². The molecule has 4 rings (SSSR count). The summed E-state index contributed by atoms with van der Waals surface area (Å²) in [5.41, 5.74) is 1.22. The second-order valence-corrected chi connectivity index (χ2v) is 9.52. The standard InChI is InChI=1S/C22H25Cl2FN4/c1-13-4-6-14(7-5-13)12-29-20-17(27-21(29)22(2,3)25)9-18(24)28-19(20)15-8-16(23)11-26-10-15/h8-11,13-14H,4-7,12H2,1-3H3. The van der Waals surface area contributed by atoms with Crippen molar-refractivity contribution in [2.24, 2.45) is 11.8 Å². The van der Waals surface area contributed by atoms with Gasteiger partial charge in [0.15, 0.2) is 5.67 Å². The number of pyridine rings is 2. The van der Waals surface area contributed by atoms with E-state index in [2.05, 4.69) is 21.9 Å². The predicted molar refractivity (Wildman–Crippen MR) is 116 cm³/mol. The average Bonchev–Trinajstić information content (AvgIpc) is 3.01. The zero-order valence-electron chi connectivity index (χ0n) is 16.9. The molecule has 0 amide bonds. The first-order valence-corrected chi connectivity index (χ1v) is 10.8. The Hall–Kier alpha value is -1.72. The van der Waals surface area contributed by atoms with Gasteiger partial charge in [-0.3, -0.25) is 4.98 Å². The summed E-state index contributed by atoms with van der Waals surface area (Å²) in [7, 11) is 0. The van der Waals surface area contributed by atoms with Crippen LogP contribution in [0.25, 0.3) is 22.3 Å². The molecular weight excluding hydrogens is 410 g/mol. The zero-order chi connectivity index (χ0) is 20.8. The van der Waals surface area contributed by atoms with E-state index in [1.807, 2.05) is 4.57 Å². The average molecular weight is 435 g/mol. The number of hydrogen-bond donors (Lipinski definition) is 0. The molecule has 0 unspecified atom stereocenters. The highest BCUT2D eigenvalue weighted by molar-refractivity contribution is 6.31. The molecule has 0 bridgehead atoms. The number of nitrogens with zero attached hydrogens (tertiary/aromatic N) is 4. The number of rotatable bonds is 4. The van der Waals surface area contributed by atoms with Crippen LogP contribution in [0.5, 0.6) is 0 Å². The van der Waals surface area contributed by atoms with E-state index in [0.29, 0.717) is 33.1 Å². The Kier molecular flexibility index (Phi) is 5.56. The Balaban J connectivity index is 1.91. The zero-order valence-corrected chi connectivity index (χ0v) is 18.4. The van der Waals surface area contributed by atoms with Crippen LogP contribution >= 0.6 is 23.2 Å². The summed E-state index contributed by atoms with van der Waals surface area (Å²) < 4.78 is 17.2. The molecule has 0 aromatic carbocycles. The summed E-state index contributed by atoms with van der Waals surface area (Å²) in [6.45, 7) is 6.11. The van der Waals surface area contributed by atoms with Crippen LogP contribution in [0, 0.1) is 11.8 Å². The number of alkyl halides is 1. The molecule has 1 aliphatic rings. The first kappa shape index (κ1) is 20.5. The van der Waals surface area contributed by atoms with E-state index in [0.717, 1.165) is 36.4 Å². The molecule has 3 aromatic heterocycles. The Morgan fingerprint density at radius 1 is 1.10 bits per heavy atom. The molecule has 154 valence electrons. The first-order valence-electron chi connectivity index (χ1n) is 10.1. The van der Waals surface area contributed by atoms with Crippen LogP contribution < -0.4 is 0 Å². The SMILES string of the molecule is CC1CCC(Cn2c(C(C)(C)F)nc3cc(Cl)nc(-c4cncc(Cl)c4)c32)CC1. The molecule has 7 heteroatoms. The second-order valence-electron chi connectivity index (χ2n) is 8.70. The maximum Gasteiger partial charge on any atom is 0.162 e.